The number of aromatic nitrogens is 2. The van der Waals surface area contributed by atoms with Crippen molar-refractivity contribution in [3.05, 3.63) is 12.3 Å². The van der Waals surface area contributed by atoms with E-state index in [2.05, 4.69) is 19.7 Å². The topological polar surface area (TPSA) is 65.0 Å². The summed E-state index contributed by atoms with van der Waals surface area (Å²) in [7, 11) is 0. The summed E-state index contributed by atoms with van der Waals surface area (Å²) in [5, 5.41) is 0. The van der Waals surface area contributed by atoms with Crippen molar-refractivity contribution in [1.82, 2.24) is 19.8 Å². The van der Waals surface area contributed by atoms with Gasteiger partial charge >= 0.3 is 0 Å². The van der Waals surface area contributed by atoms with Gasteiger partial charge in [0.05, 0.1) is 19.8 Å². The number of carbonyl (C=O) groups is 1. The van der Waals surface area contributed by atoms with Crippen molar-refractivity contribution in [2.75, 3.05) is 81.9 Å². The Labute approximate surface area is 154 Å². The molecule has 1 amide bonds. The van der Waals surface area contributed by atoms with Crippen LogP contribution in [0.25, 0.3) is 0 Å². The minimum atomic E-state index is 0.217. The number of carbonyl (C=O) groups excluding carboxylic acids is 1. The molecule has 26 heavy (non-hydrogen) atoms. The van der Waals surface area contributed by atoms with Gasteiger partial charge in [0.25, 0.3) is 0 Å². The second-order valence-electron chi connectivity index (χ2n) is 7.17. The van der Waals surface area contributed by atoms with Gasteiger partial charge in [0, 0.05) is 58.6 Å². The van der Waals surface area contributed by atoms with Crippen molar-refractivity contribution in [3.63, 3.8) is 0 Å². The SMILES string of the molecule is O=C(CN1CCN(c2nccc(N3CCCC3)n2)CC1)N1CCOCC1. The van der Waals surface area contributed by atoms with Gasteiger partial charge in [0.2, 0.25) is 11.9 Å². The van der Waals surface area contributed by atoms with Gasteiger partial charge in [-0.3, -0.25) is 9.69 Å². The molecule has 4 heterocycles. The van der Waals surface area contributed by atoms with E-state index >= 15 is 0 Å². The largest absolute Gasteiger partial charge is 0.378 e. The van der Waals surface area contributed by atoms with Gasteiger partial charge in [-0.05, 0) is 18.9 Å². The molecule has 0 aliphatic carbocycles. The molecule has 142 valence electrons. The lowest BCUT2D eigenvalue weighted by molar-refractivity contribution is -0.136. The quantitative estimate of drug-likeness (QED) is 0.752. The Morgan fingerprint density at radius 2 is 1.69 bits per heavy atom. The first-order chi connectivity index (χ1) is 12.8. The van der Waals surface area contributed by atoms with Gasteiger partial charge in [-0.25, -0.2) is 4.98 Å². The van der Waals surface area contributed by atoms with Crippen LogP contribution in [-0.4, -0.2) is 97.8 Å². The molecule has 0 spiro atoms. The average molecular weight is 360 g/mol. The Hall–Kier alpha value is -1.93. The van der Waals surface area contributed by atoms with Gasteiger partial charge in [-0.15, -0.1) is 0 Å². The Morgan fingerprint density at radius 1 is 0.962 bits per heavy atom. The minimum Gasteiger partial charge on any atom is -0.378 e. The minimum absolute atomic E-state index is 0.217. The first-order valence-electron chi connectivity index (χ1n) is 9.70. The number of rotatable bonds is 4. The van der Waals surface area contributed by atoms with E-state index in [0.29, 0.717) is 19.8 Å². The van der Waals surface area contributed by atoms with Crippen molar-refractivity contribution in [2.24, 2.45) is 0 Å². The van der Waals surface area contributed by atoms with Crippen LogP contribution >= 0.6 is 0 Å². The summed E-state index contributed by atoms with van der Waals surface area (Å²) in [5.74, 6) is 2.07. The van der Waals surface area contributed by atoms with Crippen LogP contribution in [0.5, 0.6) is 0 Å². The fourth-order valence-electron chi connectivity index (χ4n) is 3.82. The summed E-state index contributed by atoms with van der Waals surface area (Å²) in [4.78, 5) is 30.4. The third kappa shape index (κ3) is 4.07. The first kappa shape index (κ1) is 17.5. The Balaban J connectivity index is 1.29. The fraction of sp³-hybridized carbons (Fsp3) is 0.722. The van der Waals surface area contributed by atoms with Crippen molar-refractivity contribution in [1.29, 1.82) is 0 Å². The fourth-order valence-corrected chi connectivity index (χ4v) is 3.82. The smallest absolute Gasteiger partial charge is 0.236 e. The van der Waals surface area contributed by atoms with Gasteiger partial charge in [0.15, 0.2) is 0 Å². The van der Waals surface area contributed by atoms with Gasteiger partial charge < -0.3 is 19.4 Å². The average Bonchev–Trinajstić information content (AvgIpc) is 3.24. The van der Waals surface area contributed by atoms with Crippen LogP contribution in [-0.2, 0) is 9.53 Å². The predicted octanol–water partition coefficient (Wildman–Crippen LogP) is 0.0576. The summed E-state index contributed by atoms with van der Waals surface area (Å²) >= 11 is 0. The standard InChI is InChI=1S/C18H28N6O2/c25-17(23-11-13-26-14-12-23)15-21-7-9-24(10-8-21)18-19-4-3-16(20-18)22-5-1-2-6-22/h3-4H,1-2,5-15H2. The van der Waals surface area contributed by atoms with E-state index in [4.69, 9.17) is 9.72 Å². The third-order valence-electron chi connectivity index (χ3n) is 5.44. The molecule has 3 fully saturated rings. The molecule has 0 aromatic carbocycles. The van der Waals surface area contributed by atoms with E-state index in [9.17, 15) is 4.79 Å². The maximum absolute atomic E-state index is 12.4. The molecule has 0 radical (unpaired) electrons. The highest BCUT2D eigenvalue weighted by Gasteiger charge is 2.24. The highest BCUT2D eigenvalue weighted by Crippen LogP contribution is 2.20. The van der Waals surface area contributed by atoms with E-state index < -0.39 is 0 Å². The van der Waals surface area contributed by atoms with Gasteiger partial charge in [0.1, 0.15) is 5.82 Å². The summed E-state index contributed by atoms with van der Waals surface area (Å²) in [6, 6.07) is 2.01. The number of anilines is 2. The summed E-state index contributed by atoms with van der Waals surface area (Å²) in [6.45, 7) is 8.89. The summed E-state index contributed by atoms with van der Waals surface area (Å²) in [5.41, 5.74) is 0. The molecular formula is C18H28N6O2. The molecule has 1 aromatic rings. The molecule has 1 aromatic heterocycles. The Kier molecular flexibility index (Phi) is 5.50. The molecule has 0 atom stereocenters. The van der Waals surface area contributed by atoms with E-state index in [-0.39, 0.29) is 5.91 Å². The van der Waals surface area contributed by atoms with Crippen molar-refractivity contribution in [3.8, 4) is 0 Å². The maximum atomic E-state index is 12.4. The van der Waals surface area contributed by atoms with Crippen molar-refractivity contribution in [2.45, 2.75) is 12.8 Å². The molecule has 3 aliphatic heterocycles. The number of morpholine rings is 1. The monoisotopic (exact) mass is 360 g/mol. The zero-order valence-electron chi connectivity index (χ0n) is 15.3. The lowest BCUT2D eigenvalue weighted by Crippen LogP contribution is -2.51. The van der Waals surface area contributed by atoms with Crippen LogP contribution < -0.4 is 9.80 Å². The van der Waals surface area contributed by atoms with E-state index in [0.717, 1.165) is 64.1 Å². The first-order valence-corrected chi connectivity index (χ1v) is 9.70. The van der Waals surface area contributed by atoms with Crippen LogP contribution in [0.3, 0.4) is 0 Å². The summed E-state index contributed by atoms with van der Waals surface area (Å²) < 4.78 is 5.32. The Bertz CT molecular complexity index is 607. The molecule has 8 heteroatoms. The van der Waals surface area contributed by atoms with Crippen LogP contribution in [0, 0.1) is 0 Å². The molecule has 3 aliphatic rings. The van der Waals surface area contributed by atoms with Crippen LogP contribution in [0.2, 0.25) is 0 Å². The zero-order valence-corrected chi connectivity index (χ0v) is 15.3. The molecule has 8 nitrogen and oxygen atoms in total. The molecule has 0 N–H and O–H groups in total. The maximum Gasteiger partial charge on any atom is 0.236 e. The normalized spacial score (nSPS) is 22.1. The van der Waals surface area contributed by atoms with Crippen LogP contribution in [0.15, 0.2) is 12.3 Å². The molecule has 4 rings (SSSR count). The zero-order chi connectivity index (χ0) is 17.8. The molecule has 3 saturated heterocycles. The number of piperazine rings is 1. The highest BCUT2D eigenvalue weighted by molar-refractivity contribution is 5.78. The van der Waals surface area contributed by atoms with E-state index in [1.165, 1.54) is 12.8 Å². The predicted molar refractivity (Wildman–Crippen MR) is 99.5 cm³/mol. The second kappa shape index (κ2) is 8.18. The number of ether oxygens (including phenoxy) is 1. The van der Waals surface area contributed by atoms with Gasteiger partial charge in [-0.2, -0.15) is 4.98 Å². The Morgan fingerprint density at radius 3 is 2.42 bits per heavy atom. The number of hydrogen-bond acceptors (Lipinski definition) is 7. The van der Waals surface area contributed by atoms with E-state index in [1.54, 1.807) is 0 Å². The molecular weight excluding hydrogens is 332 g/mol. The van der Waals surface area contributed by atoms with Gasteiger partial charge in [-0.1, -0.05) is 0 Å². The summed E-state index contributed by atoms with van der Waals surface area (Å²) in [6.07, 6.45) is 4.36. The number of hydrogen-bond donors (Lipinski definition) is 0. The number of amides is 1. The molecule has 0 bridgehead atoms. The van der Waals surface area contributed by atoms with Crippen LogP contribution in [0.1, 0.15) is 12.8 Å². The highest BCUT2D eigenvalue weighted by atomic mass is 16.5. The lowest BCUT2D eigenvalue weighted by Gasteiger charge is -2.36. The molecule has 0 saturated carbocycles. The van der Waals surface area contributed by atoms with Crippen molar-refractivity contribution >= 4 is 17.7 Å². The van der Waals surface area contributed by atoms with E-state index in [1.807, 2.05) is 17.2 Å². The number of nitrogens with zero attached hydrogens (tertiary/aromatic N) is 6. The van der Waals surface area contributed by atoms with Crippen molar-refractivity contribution < 1.29 is 9.53 Å². The molecule has 0 unspecified atom stereocenters. The van der Waals surface area contributed by atoms with Crippen LogP contribution in [0.4, 0.5) is 11.8 Å². The third-order valence-corrected chi connectivity index (χ3v) is 5.44. The lowest BCUT2D eigenvalue weighted by atomic mass is 10.3. The second-order valence-corrected chi connectivity index (χ2v) is 7.17.